The van der Waals surface area contributed by atoms with Gasteiger partial charge in [-0.1, -0.05) is 32.5 Å². The first-order valence-corrected chi connectivity index (χ1v) is 4.73. The zero-order valence-corrected chi connectivity index (χ0v) is 9.40. The van der Waals surface area contributed by atoms with Crippen molar-refractivity contribution >= 4 is 17.9 Å². The summed E-state index contributed by atoms with van der Waals surface area (Å²) in [6, 6.07) is 4.89. The maximum Gasteiger partial charge on any atom is 0.361 e. The van der Waals surface area contributed by atoms with Crippen LogP contribution in [0.1, 0.15) is 25.3 Å². The Kier molecular flexibility index (Phi) is 5.62. The van der Waals surface area contributed by atoms with Crippen LogP contribution in [0.2, 0.25) is 0 Å². The summed E-state index contributed by atoms with van der Waals surface area (Å²) in [7, 11) is 0. The van der Waals surface area contributed by atoms with Crippen LogP contribution < -0.4 is 0 Å². The molecular formula is C10H14O4S. The second kappa shape index (κ2) is 6.19. The fourth-order valence-electron chi connectivity index (χ4n) is 0.900. The molecule has 0 atom stereocenters. The van der Waals surface area contributed by atoms with Gasteiger partial charge in [0.25, 0.3) is 0 Å². The topological polar surface area (TPSA) is 77.8 Å². The predicted molar refractivity (Wildman–Crippen MR) is 60.9 cm³/mol. The van der Waals surface area contributed by atoms with Crippen LogP contribution in [0.4, 0.5) is 4.79 Å². The molecule has 0 aliphatic rings. The Morgan fingerprint density at radius 2 is 1.73 bits per heavy atom. The number of hydrogen-bond donors (Lipinski definition) is 4. The van der Waals surface area contributed by atoms with E-state index in [2.05, 4.69) is 12.6 Å². The minimum atomic E-state index is -1.14. The van der Waals surface area contributed by atoms with Gasteiger partial charge in [-0.15, -0.1) is 0 Å². The molecule has 0 saturated carbocycles. The van der Waals surface area contributed by atoms with Crippen molar-refractivity contribution < 1.29 is 20.1 Å². The monoisotopic (exact) mass is 230 g/mol. The number of phenols is 2. The molecule has 0 aromatic heterocycles. The minimum Gasteiger partial charge on any atom is -0.504 e. The molecule has 0 radical (unpaired) electrons. The van der Waals surface area contributed by atoms with Crippen LogP contribution in [0.15, 0.2) is 18.2 Å². The standard InChI is InChI=1S/C9H12O2.CH2O2S/c1-6(2)7-3-4-8(10)9(11)5-7;2-1(3)4/h3-6,10-11H,1-2H3;4H,(H,2,3). The highest BCUT2D eigenvalue weighted by atomic mass is 32.1. The van der Waals surface area contributed by atoms with E-state index >= 15 is 0 Å². The Bertz CT molecular complexity index is 332. The molecule has 0 aliphatic heterocycles. The third-order valence-electron chi connectivity index (χ3n) is 1.67. The number of aromatic hydroxyl groups is 2. The minimum absolute atomic E-state index is 0.0452. The van der Waals surface area contributed by atoms with Crippen LogP contribution in [-0.2, 0) is 0 Å². The lowest BCUT2D eigenvalue weighted by Gasteiger charge is -2.05. The van der Waals surface area contributed by atoms with Crippen LogP contribution >= 0.6 is 12.6 Å². The molecule has 4 nitrogen and oxygen atoms in total. The molecule has 1 rings (SSSR count). The Labute approximate surface area is 93.6 Å². The second-order valence-electron chi connectivity index (χ2n) is 3.19. The van der Waals surface area contributed by atoms with Gasteiger partial charge in [0.05, 0.1) is 0 Å². The van der Waals surface area contributed by atoms with Gasteiger partial charge in [-0.05, 0) is 23.6 Å². The average molecular weight is 230 g/mol. The first-order chi connectivity index (χ1) is 6.84. The van der Waals surface area contributed by atoms with Crippen molar-refractivity contribution in [2.24, 2.45) is 0 Å². The van der Waals surface area contributed by atoms with E-state index in [1.54, 1.807) is 12.1 Å². The molecule has 0 heterocycles. The molecule has 1 aromatic rings. The highest BCUT2D eigenvalue weighted by Crippen LogP contribution is 2.27. The van der Waals surface area contributed by atoms with Crippen molar-refractivity contribution in [3.05, 3.63) is 23.8 Å². The Balaban J connectivity index is 0.000000423. The summed E-state index contributed by atoms with van der Waals surface area (Å²) in [5.74, 6) is 0.270. The van der Waals surface area contributed by atoms with Gasteiger partial charge in [-0.25, -0.2) is 4.79 Å². The third kappa shape index (κ3) is 5.85. The SMILES string of the molecule is CC(C)c1ccc(O)c(O)c1.O=C(O)S. The predicted octanol–water partition coefficient (Wildman–Crippen LogP) is 2.82. The van der Waals surface area contributed by atoms with Gasteiger partial charge in [-0.2, -0.15) is 0 Å². The zero-order chi connectivity index (χ0) is 12.0. The lowest BCUT2D eigenvalue weighted by atomic mass is 10.0. The Morgan fingerprint density at radius 1 is 1.27 bits per heavy atom. The summed E-state index contributed by atoms with van der Waals surface area (Å²) < 4.78 is 0. The van der Waals surface area contributed by atoms with E-state index in [1.807, 2.05) is 13.8 Å². The molecule has 0 aliphatic carbocycles. The van der Waals surface area contributed by atoms with Gasteiger partial charge in [0.15, 0.2) is 11.5 Å². The first kappa shape index (κ1) is 13.6. The maximum absolute atomic E-state index is 9.10. The van der Waals surface area contributed by atoms with E-state index in [4.69, 9.17) is 20.1 Å². The normalized spacial score (nSPS) is 9.33. The van der Waals surface area contributed by atoms with Crippen molar-refractivity contribution in [3.8, 4) is 11.5 Å². The number of hydrogen-bond acceptors (Lipinski definition) is 3. The third-order valence-corrected chi connectivity index (χ3v) is 1.67. The van der Waals surface area contributed by atoms with Gasteiger partial charge in [-0.3, -0.25) is 0 Å². The van der Waals surface area contributed by atoms with Crippen molar-refractivity contribution in [2.75, 3.05) is 0 Å². The molecule has 0 saturated heterocycles. The number of thiol groups is 1. The summed E-state index contributed by atoms with van der Waals surface area (Å²) in [5.41, 5.74) is 1.03. The van der Waals surface area contributed by atoms with E-state index in [-0.39, 0.29) is 11.5 Å². The largest absolute Gasteiger partial charge is 0.504 e. The molecule has 15 heavy (non-hydrogen) atoms. The summed E-state index contributed by atoms with van der Waals surface area (Å²) in [4.78, 5) is 8.86. The molecule has 0 fully saturated rings. The first-order valence-electron chi connectivity index (χ1n) is 4.28. The van der Waals surface area contributed by atoms with E-state index in [9.17, 15) is 0 Å². The number of carboxylic acid groups (broad SMARTS) is 1. The average Bonchev–Trinajstić information content (AvgIpc) is 2.08. The van der Waals surface area contributed by atoms with E-state index in [0.717, 1.165) is 5.56 Å². The molecule has 84 valence electrons. The number of phenolic OH excluding ortho intramolecular Hbond substituents is 2. The lowest BCUT2D eigenvalue weighted by Crippen LogP contribution is -1.85. The molecule has 0 spiro atoms. The summed E-state index contributed by atoms with van der Waals surface area (Å²) in [6.07, 6.45) is 0. The van der Waals surface area contributed by atoms with Gasteiger partial charge in [0, 0.05) is 0 Å². The van der Waals surface area contributed by atoms with E-state index in [0.29, 0.717) is 5.92 Å². The van der Waals surface area contributed by atoms with Gasteiger partial charge in [0.2, 0.25) is 0 Å². The van der Waals surface area contributed by atoms with Gasteiger partial charge >= 0.3 is 5.30 Å². The van der Waals surface area contributed by atoms with Crippen LogP contribution in [0.5, 0.6) is 11.5 Å². The molecule has 0 unspecified atom stereocenters. The lowest BCUT2D eigenvalue weighted by molar-refractivity contribution is 0.222. The van der Waals surface area contributed by atoms with E-state index < -0.39 is 5.30 Å². The Morgan fingerprint density at radius 3 is 2.07 bits per heavy atom. The van der Waals surface area contributed by atoms with Gasteiger partial charge in [0.1, 0.15) is 0 Å². The van der Waals surface area contributed by atoms with Crippen LogP contribution in [-0.4, -0.2) is 20.6 Å². The summed E-state index contributed by atoms with van der Waals surface area (Å²) >= 11 is 2.88. The van der Waals surface area contributed by atoms with Crippen molar-refractivity contribution in [1.29, 1.82) is 0 Å². The molecular weight excluding hydrogens is 216 g/mol. The van der Waals surface area contributed by atoms with Crippen LogP contribution in [0.25, 0.3) is 0 Å². The number of benzene rings is 1. The Hall–Kier alpha value is -1.36. The number of carbonyl (C=O) groups is 1. The zero-order valence-electron chi connectivity index (χ0n) is 8.51. The molecule has 0 amide bonds. The summed E-state index contributed by atoms with van der Waals surface area (Å²) in [5, 5.41) is 24.2. The molecule has 5 heteroatoms. The van der Waals surface area contributed by atoms with Crippen LogP contribution in [0, 0.1) is 0 Å². The number of rotatable bonds is 1. The second-order valence-corrected chi connectivity index (χ2v) is 3.57. The smallest absolute Gasteiger partial charge is 0.361 e. The van der Waals surface area contributed by atoms with Gasteiger partial charge < -0.3 is 15.3 Å². The summed E-state index contributed by atoms with van der Waals surface area (Å²) in [6.45, 7) is 4.07. The van der Waals surface area contributed by atoms with Crippen LogP contribution in [0.3, 0.4) is 0 Å². The maximum atomic E-state index is 9.10. The molecule has 1 aromatic carbocycles. The quantitative estimate of drug-likeness (QED) is 0.442. The highest BCUT2D eigenvalue weighted by Gasteiger charge is 2.02. The fraction of sp³-hybridized carbons (Fsp3) is 0.300. The fourth-order valence-corrected chi connectivity index (χ4v) is 0.900. The highest BCUT2D eigenvalue weighted by molar-refractivity contribution is 7.96. The molecule has 3 N–H and O–H groups in total. The molecule has 0 bridgehead atoms. The van der Waals surface area contributed by atoms with Crippen molar-refractivity contribution in [2.45, 2.75) is 19.8 Å². The van der Waals surface area contributed by atoms with Crippen molar-refractivity contribution in [1.82, 2.24) is 0 Å². The van der Waals surface area contributed by atoms with Crippen molar-refractivity contribution in [3.63, 3.8) is 0 Å². The van der Waals surface area contributed by atoms with E-state index in [1.165, 1.54) is 6.07 Å².